The SMILES string of the molecule is Oc1cc(CCl)c(O)n1-c1ccc(C(F)(F)F)cc1. The fourth-order valence-electron chi connectivity index (χ4n) is 1.69. The minimum absolute atomic E-state index is 0.0208. The van der Waals surface area contributed by atoms with Gasteiger partial charge in [-0.25, -0.2) is 0 Å². The van der Waals surface area contributed by atoms with E-state index in [4.69, 9.17) is 11.6 Å². The van der Waals surface area contributed by atoms with Gasteiger partial charge in [-0.3, -0.25) is 4.57 Å². The van der Waals surface area contributed by atoms with E-state index < -0.39 is 11.7 Å². The van der Waals surface area contributed by atoms with Gasteiger partial charge >= 0.3 is 6.18 Å². The summed E-state index contributed by atoms with van der Waals surface area (Å²) in [6.07, 6.45) is -4.43. The first-order chi connectivity index (χ1) is 8.84. The zero-order chi connectivity index (χ0) is 14.2. The monoisotopic (exact) mass is 291 g/mol. The maximum atomic E-state index is 12.4. The lowest BCUT2D eigenvalue weighted by Crippen LogP contribution is -2.04. The van der Waals surface area contributed by atoms with E-state index in [0.717, 1.165) is 28.8 Å². The Labute approximate surface area is 111 Å². The van der Waals surface area contributed by atoms with Crippen molar-refractivity contribution < 1.29 is 23.4 Å². The molecule has 0 spiro atoms. The minimum Gasteiger partial charge on any atom is -0.494 e. The van der Waals surface area contributed by atoms with Crippen LogP contribution in [0.3, 0.4) is 0 Å². The number of hydrogen-bond acceptors (Lipinski definition) is 2. The summed E-state index contributed by atoms with van der Waals surface area (Å²) in [5.74, 6) is -0.618. The first kappa shape index (κ1) is 13.6. The number of halogens is 4. The molecule has 0 saturated heterocycles. The Bertz CT molecular complexity index is 590. The van der Waals surface area contributed by atoms with Gasteiger partial charge in [0, 0.05) is 11.6 Å². The quantitative estimate of drug-likeness (QED) is 0.830. The molecule has 7 heteroatoms. The summed E-state index contributed by atoms with van der Waals surface area (Å²) in [5, 5.41) is 19.4. The summed E-state index contributed by atoms with van der Waals surface area (Å²) < 4.78 is 38.3. The number of benzene rings is 1. The number of aromatic hydroxyl groups is 2. The largest absolute Gasteiger partial charge is 0.494 e. The van der Waals surface area contributed by atoms with Crippen LogP contribution in [0.5, 0.6) is 11.8 Å². The van der Waals surface area contributed by atoms with Crippen molar-refractivity contribution >= 4 is 11.6 Å². The van der Waals surface area contributed by atoms with E-state index in [1.165, 1.54) is 6.07 Å². The molecule has 102 valence electrons. The molecular weight excluding hydrogens is 283 g/mol. The molecule has 1 aromatic carbocycles. The van der Waals surface area contributed by atoms with E-state index in [-0.39, 0.29) is 23.3 Å². The molecule has 0 unspecified atom stereocenters. The molecule has 0 radical (unpaired) electrons. The Morgan fingerprint density at radius 3 is 2.11 bits per heavy atom. The van der Waals surface area contributed by atoms with E-state index in [2.05, 4.69) is 0 Å². The average Bonchev–Trinajstić information content (AvgIpc) is 2.63. The topological polar surface area (TPSA) is 45.4 Å². The molecular formula is C12H9ClF3NO2. The first-order valence-corrected chi connectivity index (χ1v) is 5.74. The molecule has 2 N–H and O–H groups in total. The third-order valence-corrected chi connectivity index (χ3v) is 2.92. The number of nitrogens with zero attached hydrogens (tertiary/aromatic N) is 1. The second-order valence-corrected chi connectivity index (χ2v) is 4.13. The van der Waals surface area contributed by atoms with Crippen molar-refractivity contribution in [3.63, 3.8) is 0 Å². The second kappa shape index (κ2) is 4.70. The van der Waals surface area contributed by atoms with Crippen molar-refractivity contribution in [2.24, 2.45) is 0 Å². The highest BCUT2D eigenvalue weighted by atomic mass is 35.5. The molecule has 1 aromatic heterocycles. The van der Waals surface area contributed by atoms with Gasteiger partial charge in [0.25, 0.3) is 0 Å². The van der Waals surface area contributed by atoms with Gasteiger partial charge < -0.3 is 10.2 Å². The van der Waals surface area contributed by atoms with Crippen LogP contribution in [0.15, 0.2) is 30.3 Å². The summed E-state index contributed by atoms with van der Waals surface area (Å²) >= 11 is 5.56. The maximum absolute atomic E-state index is 12.4. The van der Waals surface area contributed by atoms with Gasteiger partial charge in [-0.05, 0) is 24.3 Å². The molecule has 0 bridgehead atoms. The molecule has 2 rings (SSSR count). The van der Waals surface area contributed by atoms with Gasteiger partial charge in [-0.2, -0.15) is 13.2 Å². The molecule has 0 aliphatic heterocycles. The van der Waals surface area contributed by atoms with Crippen LogP contribution >= 0.6 is 11.6 Å². The van der Waals surface area contributed by atoms with Crippen LogP contribution in [-0.4, -0.2) is 14.8 Å². The van der Waals surface area contributed by atoms with Gasteiger partial charge in [0.1, 0.15) is 0 Å². The lowest BCUT2D eigenvalue weighted by Gasteiger charge is -2.10. The fourth-order valence-corrected chi connectivity index (χ4v) is 1.89. The van der Waals surface area contributed by atoms with E-state index >= 15 is 0 Å². The van der Waals surface area contributed by atoms with Crippen LogP contribution in [-0.2, 0) is 12.1 Å². The molecule has 0 aliphatic carbocycles. The molecule has 3 nitrogen and oxygen atoms in total. The van der Waals surface area contributed by atoms with Crippen LogP contribution in [0.25, 0.3) is 5.69 Å². The number of rotatable bonds is 2. The van der Waals surface area contributed by atoms with Crippen molar-refractivity contribution in [2.75, 3.05) is 0 Å². The molecule has 0 saturated carbocycles. The van der Waals surface area contributed by atoms with Gasteiger partial charge in [-0.15, -0.1) is 11.6 Å². The van der Waals surface area contributed by atoms with E-state index in [9.17, 15) is 23.4 Å². The maximum Gasteiger partial charge on any atom is 0.416 e. The van der Waals surface area contributed by atoms with Crippen LogP contribution in [0, 0.1) is 0 Å². The summed E-state index contributed by atoms with van der Waals surface area (Å²) in [4.78, 5) is 0. The zero-order valence-electron chi connectivity index (χ0n) is 9.45. The predicted octanol–water partition coefficient (Wildman–Crippen LogP) is 3.65. The summed E-state index contributed by atoms with van der Waals surface area (Å²) in [7, 11) is 0. The Morgan fingerprint density at radius 1 is 1.11 bits per heavy atom. The lowest BCUT2D eigenvalue weighted by atomic mass is 10.2. The highest BCUT2D eigenvalue weighted by Gasteiger charge is 2.30. The standard InChI is InChI=1S/C12H9ClF3NO2/c13-6-7-5-10(18)17(11(7)19)9-3-1-8(2-4-9)12(14,15)16/h1-5,18-19H,6H2. The van der Waals surface area contributed by atoms with Crippen LogP contribution < -0.4 is 0 Å². The van der Waals surface area contributed by atoms with Crippen molar-refractivity contribution in [1.29, 1.82) is 0 Å². The van der Waals surface area contributed by atoms with Gasteiger partial charge in [0.05, 0.1) is 17.1 Å². The van der Waals surface area contributed by atoms with Gasteiger partial charge in [0.2, 0.25) is 5.88 Å². The Kier molecular flexibility index (Phi) is 3.36. The van der Waals surface area contributed by atoms with Gasteiger partial charge in [-0.1, -0.05) is 0 Å². The Balaban J connectivity index is 2.46. The van der Waals surface area contributed by atoms with Gasteiger partial charge in [0.15, 0.2) is 5.88 Å². The van der Waals surface area contributed by atoms with Crippen molar-refractivity contribution in [2.45, 2.75) is 12.1 Å². The molecule has 19 heavy (non-hydrogen) atoms. The number of hydrogen-bond donors (Lipinski definition) is 2. The molecule has 0 atom stereocenters. The Morgan fingerprint density at radius 2 is 1.68 bits per heavy atom. The third kappa shape index (κ3) is 2.49. The average molecular weight is 292 g/mol. The zero-order valence-corrected chi connectivity index (χ0v) is 10.2. The highest BCUT2D eigenvalue weighted by Crippen LogP contribution is 2.34. The molecule has 0 fully saturated rings. The summed E-state index contributed by atoms with van der Waals surface area (Å²) in [6.45, 7) is 0. The van der Waals surface area contributed by atoms with Crippen molar-refractivity contribution in [1.82, 2.24) is 4.57 Å². The van der Waals surface area contributed by atoms with E-state index in [1.54, 1.807) is 0 Å². The summed E-state index contributed by atoms with van der Waals surface area (Å²) in [5.41, 5.74) is -0.307. The number of aromatic nitrogens is 1. The smallest absolute Gasteiger partial charge is 0.416 e. The predicted molar refractivity (Wildman–Crippen MR) is 63.7 cm³/mol. The second-order valence-electron chi connectivity index (χ2n) is 3.87. The Hall–Kier alpha value is -1.82. The highest BCUT2D eigenvalue weighted by molar-refractivity contribution is 6.17. The fraction of sp³-hybridized carbons (Fsp3) is 0.167. The number of alkyl halides is 4. The van der Waals surface area contributed by atoms with Crippen molar-refractivity contribution in [3.8, 4) is 17.4 Å². The first-order valence-electron chi connectivity index (χ1n) is 5.20. The van der Waals surface area contributed by atoms with Crippen LogP contribution in [0.2, 0.25) is 0 Å². The minimum atomic E-state index is -4.43. The van der Waals surface area contributed by atoms with Crippen molar-refractivity contribution in [3.05, 3.63) is 41.5 Å². The molecule has 0 amide bonds. The van der Waals surface area contributed by atoms with E-state index in [0.29, 0.717) is 5.56 Å². The molecule has 2 aromatic rings. The molecule has 1 heterocycles. The normalized spacial score (nSPS) is 11.8. The third-order valence-electron chi connectivity index (χ3n) is 2.63. The van der Waals surface area contributed by atoms with Crippen LogP contribution in [0.4, 0.5) is 13.2 Å². The van der Waals surface area contributed by atoms with Crippen LogP contribution in [0.1, 0.15) is 11.1 Å². The summed E-state index contributed by atoms with van der Waals surface area (Å²) in [6, 6.07) is 5.30. The van der Waals surface area contributed by atoms with E-state index in [1.807, 2.05) is 0 Å². The lowest BCUT2D eigenvalue weighted by molar-refractivity contribution is -0.137. The molecule has 0 aliphatic rings.